The van der Waals surface area contributed by atoms with Crippen LogP contribution in [0.4, 0.5) is 5.69 Å². The lowest BCUT2D eigenvalue weighted by Crippen LogP contribution is -2.29. The first kappa shape index (κ1) is 24.2. The summed E-state index contributed by atoms with van der Waals surface area (Å²) in [5.74, 6) is -1.54. The molecule has 3 heterocycles. The second-order valence-corrected chi connectivity index (χ2v) is 9.34. The van der Waals surface area contributed by atoms with Crippen LogP contribution < -0.4 is 10.2 Å². The van der Waals surface area contributed by atoms with Crippen molar-refractivity contribution in [2.45, 2.75) is 25.9 Å². The van der Waals surface area contributed by atoms with E-state index in [1.807, 2.05) is 49.1 Å². The van der Waals surface area contributed by atoms with Crippen LogP contribution in [-0.2, 0) is 0 Å². The highest BCUT2D eigenvalue weighted by Gasteiger charge is 2.42. The molecular weight excluding hydrogens is 490 g/mol. The number of carboxylic acids is 2. The predicted molar refractivity (Wildman–Crippen MR) is 142 cm³/mol. The number of anilines is 1. The molecule has 9 heteroatoms. The van der Waals surface area contributed by atoms with Gasteiger partial charge in [0.2, 0.25) is 0 Å². The Morgan fingerprint density at radius 2 is 1.62 bits per heavy atom. The number of hydrogen-bond donors (Lipinski definition) is 3. The molecule has 8 nitrogen and oxygen atoms in total. The lowest BCUT2D eigenvalue weighted by Gasteiger charge is -2.26. The van der Waals surface area contributed by atoms with Crippen LogP contribution in [0.5, 0.6) is 0 Å². The van der Waals surface area contributed by atoms with Gasteiger partial charge in [0.25, 0.3) is 0 Å². The number of aromatic nitrogens is 1. The molecule has 2 aromatic carbocycles. The molecule has 1 aliphatic heterocycles. The normalized spacial score (nSPS) is 17.0. The summed E-state index contributed by atoms with van der Waals surface area (Å²) in [7, 11) is 0. The Morgan fingerprint density at radius 1 is 0.946 bits per heavy atom. The number of aryl methyl sites for hydroxylation is 2. The van der Waals surface area contributed by atoms with E-state index in [1.54, 1.807) is 18.3 Å². The number of rotatable bonds is 6. The van der Waals surface area contributed by atoms with Crippen molar-refractivity contribution in [1.82, 2.24) is 10.3 Å². The van der Waals surface area contributed by atoms with E-state index in [1.165, 1.54) is 12.1 Å². The first-order valence-electron chi connectivity index (χ1n) is 11.5. The summed E-state index contributed by atoms with van der Waals surface area (Å²) in [5, 5.41) is 22.9. The number of carboxylic acid groups (broad SMARTS) is 2. The smallest absolute Gasteiger partial charge is 0.335 e. The van der Waals surface area contributed by atoms with Gasteiger partial charge in [-0.15, -0.1) is 0 Å². The number of pyridine rings is 1. The minimum absolute atomic E-state index is 0.139. The van der Waals surface area contributed by atoms with E-state index in [0.717, 1.165) is 28.6 Å². The number of benzene rings is 2. The van der Waals surface area contributed by atoms with Crippen LogP contribution in [0.25, 0.3) is 11.3 Å². The quantitative estimate of drug-likeness (QED) is 0.286. The molecule has 0 spiro atoms. The Hall–Kier alpha value is -4.50. The zero-order chi connectivity index (χ0) is 26.3. The maximum absolute atomic E-state index is 11.6. The zero-order valence-corrected chi connectivity index (χ0v) is 20.8. The highest BCUT2D eigenvalue weighted by atomic mass is 32.1. The maximum Gasteiger partial charge on any atom is 0.335 e. The van der Waals surface area contributed by atoms with Gasteiger partial charge in [0, 0.05) is 17.4 Å². The van der Waals surface area contributed by atoms with E-state index < -0.39 is 18.0 Å². The molecule has 3 N–H and O–H groups in total. The molecule has 4 aromatic rings. The van der Waals surface area contributed by atoms with Crippen LogP contribution in [0.3, 0.4) is 0 Å². The van der Waals surface area contributed by atoms with Crippen molar-refractivity contribution in [1.29, 1.82) is 0 Å². The summed E-state index contributed by atoms with van der Waals surface area (Å²) in [5.41, 5.74) is 3.93. The van der Waals surface area contributed by atoms with Gasteiger partial charge in [-0.1, -0.05) is 12.1 Å². The summed E-state index contributed by atoms with van der Waals surface area (Å²) in [6.07, 6.45) is 1.72. The van der Waals surface area contributed by atoms with Gasteiger partial charge in [-0.2, -0.15) is 0 Å². The van der Waals surface area contributed by atoms with Crippen LogP contribution in [0.2, 0.25) is 0 Å². The Balaban J connectivity index is 1.63. The fraction of sp³-hybridized carbons (Fsp3) is 0.143. The van der Waals surface area contributed by atoms with Crippen molar-refractivity contribution < 1.29 is 24.2 Å². The van der Waals surface area contributed by atoms with Crippen molar-refractivity contribution in [2.24, 2.45) is 0 Å². The number of hydrogen-bond acceptors (Lipinski definition) is 5. The van der Waals surface area contributed by atoms with Gasteiger partial charge in [-0.05, 0) is 91.8 Å². The SMILES string of the molecule is Cc1cc(C)cc(N2C(=S)NC(c3ccccn3)C2c2ccc(-c3cc(C(=O)O)cc(C(=O)O)c3)o2)c1. The number of thiocarbonyl (C=S) groups is 1. The Labute approximate surface area is 218 Å². The number of nitrogens with zero attached hydrogens (tertiary/aromatic N) is 2. The lowest BCUT2D eigenvalue weighted by atomic mass is 10.0. The number of aromatic carboxylic acids is 2. The summed E-state index contributed by atoms with van der Waals surface area (Å²) in [6.45, 7) is 4.05. The molecule has 1 aliphatic rings. The highest BCUT2D eigenvalue weighted by Crippen LogP contribution is 2.43. The van der Waals surface area contributed by atoms with Gasteiger partial charge in [-0.25, -0.2) is 9.59 Å². The molecule has 0 bridgehead atoms. The van der Waals surface area contributed by atoms with Crippen molar-refractivity contribution in [2.75, 3.05) is 4.90 Å². The molecule has 0 radical (unpaired) electrons. The second-order valence-electron chi connectivity index (χ2n) is 8.95. The van der Waals surface area contributed by atoms with Gasteiger partial charge in [0.15, 0.2) is 5.11 Å². The average molecular weight is 514 g/mol. The van der Waals surface area contributed by atoms with Gasteiger partial charge in [0.05, 0.1) is 22.9 Å². The highest BCUT2D eigenvalue weighted by molar-refractivity contribution is 7.80. The van der Waals surface area contributed by atoms with Crippen LogP contribution >= 0.6 is 12.2 Å². The predicted octanol–water partition coefficient (Wildman–Crippen LogP) is 5.53. The van der Waals surface area contributed by atoms with Crippen molar-refractivity contribution in [3.05, 3.63) is 107 Å². The van der Waals surface area contributed by atoms with Crippen LogP contribution in [0.15, 0.2) is 77.3 Å². The average Bonchev–Trinajstić information content (AvgIpc) is 3.48. The van der Waals surface area contributed by atoms with Crippen molar-refractivity contribution in [3.8, 4) is 11.3 Å². The number of carbonyl (C=O) groups is 2. The molecule has 2 unspecified atom stereocenters. The van der Waals surface area contributed by atoms with Gasteiger partial charge >= 0.3 is 11.9 Å². The van der Waals surface area contributed by atoms with E-state index in [2.05, 4.69) is 16.4 Å². The molecular formula is C28H23N3O5S. The molecule has 186 valence electrons. The van der Waals surface area contributed by atoms with Gasteiger partial charge < -0.3 is 24.8 Å². The molecule has 2 aromatic heterocycles. The summed E-state index contributed by atoms with van der Waals surface area (Å²) in [4.78, 5) is 29.7. The summed E-state index contributed by atoms with van der Waals surface area (Å²) in [6, 6.07) is 18.5. The Morgan fingerprint density at radius 3 is 2.22 bits per heavy atom. The van der Waals surface area contributed by atoms with E-state index in [-0.39, 0.29) is 17.2 Å². The lowest BCUT2D eigenvalue weighted by molar-refractivity contribution is 0.0696. The molecule has 2 atom stereocenters. The van der Waals surface area contributed by atoms with E-state index in [0.29, 0.717) is 22.2 Å². The first-order chi connectivity index (χ1) is 17.7. The van der Waals surface area contributed by atoms with E-state index >= 15 is 0 Å². The van der Waals surface area contributed by atoms with Crippen LogP contribution in [0, 0.1) is 13.8 Å². The molecule has 1 fully saturated rings. The monoisotopic (exact) mass is 513 g/mol. The zero-order valence-electron chi connectivity index (χ0n) is 20.0. The number of furan rings is 1. The van der Waals surface area contributed by atoms with E-state index in [9.17, 15) is 19.8 Å². The standard InChI is InChI=1S/C28H23N3O5S/c1-15-9-16(2)11-20(10-15)31-25(24(30-28(31)37)21-5-3-4-8-29-21)23-7-6-22(36-23)17-12-18(26(32)33)14-19(13-17)27(34)35/h3-14,24-25H,1-2H3,(H,30,37)(H,32,33)(H,34,35). The number of nitrogens with one attached hydrogen (secondary N) is 1. The molecule has 0 saturated carbocycles. The van der Waals surface area contributed by atoms with Crippen molar-refractivity contribution in [3.63, 3.8) is 0 Å². The minimum atomic E-state index is -1.22. The van der Waals surface area contributed by atoms with Gasteiger partial charge in [0.1, 0.15) is 17.6 Å². The fourth-order valence-corrected chi connectivity index (χ4v) is 5.04. The molecule has 0 aliphatic carbocycles. The van der Waals surface area contributed by atoms with Crippen LogP contribution in [-0.4, -0.2) is 32.2 Å². The van der Waals surface area contributed by atoms with Crippen LogP contribution in [0.1, 0.15) is 55.4 Å². The fourth-order valence-electron chi connectivity index (χ4n) is 4.70. The summed E-state index contributed by atoms with van der Waals surface area (Å²) >= 11 is 5.77. The van der Waals surface area contributed by atoms with Crippen molar-refractivity contribution >= 4 is 35.0 Å². The third-order valence-corrected chi connectivity index (χ3v) is 6.53. The third kappa shape index (κ3) is 4.68. The molecule has 0 amide bonds. The van der Waals surface area contributed by atoms with Gasteiger partial charge in [-0.3, -0.25) is 4.98 Å². The Kier molecular flexibility index (Phi) is 6.22. The summed E-state index contributed by atoms with van der Waals surface area (Å²) < 4.78 is 6.28. The second kappa shape index (κ2) is 9.51. The largest absolute Gasteiger partial charge is 0.478 e. The molecule has 37 heavy (non-hydrogen) atoms. The maximum atomic E-state index is 11.6. The molecule has 1 saturated heterocycles. The third-order valence-electron chi connectivity index (χ3n) is 6.21. The minimum Gasteiger partial charge on any atom is -0.478 e. The topological polar surface area (TPSA) is 116 Å². The van der Waals surface area contributed by atoms with E-state index in [4.69, 9.17) is 16.6 Å². The Bertz CT molecular complexity index is 1480. The first-order valence-corrected chi connectivity index (χ1v) is 11.9. The molecule has 5 rings (SSSR count).